The van der Waals surface area contributed by atoms with Crippen LogP contribution in [0.5, 0.6) is 0 Å². The molecule has 7 nitrogen and oxygen atoms in total. The smallest absolute Gasteiger partial charge is 0.412 e. The molecule has 19 heavy (non-hydrogen) atoms. The predicted molar refractivity (Wildman–Crippen MR) is 72.7 cm³/mol. The van der Waals surface area contributed by atoms with E-state index in [4.69, 9.17) is 4.74 Å². The molecule has 0 spiro atoms. The Hall–Kier alpha value is -1.22. The number of anilines is 1. The van der Waals surface area contributed by atoms with Crippen LogP contribution < -0.4 is 5.32 Å². The van der Waals surface area contributed by atoms with Crippen LogP contribution in [0.15, 0.2) is 16.0 Å². The number of carbonyl (C=O) groups is 1. The molecule has 0 aromatic carbocycles. The summed E-state index contributed by atoms with van der Waals surface area (Å²) in [4.78, 5) is 18.9. The molecule has 0 radical (unpaired) electrons. The summed E-state index contributed by atoms with van der Waals surface area (Å²) in [5.41, 5.74) is -0.411. The quantitative estimate of drug-likeness (QED) is 0.646. The third-order valence-electron chi connectivity index (χ3n) is 1.69. The van der Waals surface area contributed by atoms with Gasteiger partial charge in [-0.05, 0) is 36.7 Å². The summed E-state index contributed by atoms with van der Waals surface area (Å²) in [5, 5.41) is 2.09. The van der Waals surface area contributed by atoms with E-state index in [-0.39, 0.29) is 15.4 Å². The highest BCUT2D eigenvalue weighted by Gasteiger charge is 2.19. The molecule has 0 fully saturated rings. The van der Waals surface area contributed by atoms with E-state index in [9.17, 15) is 13.2 Å². The van der Waals surface area contributed by atoms with Gasteiger partial charge in [-0.1, -0.05) is 0 Å². The first-order valence-electron chi connectivity index (χ1n) is 5.21. The number of nitrogens with one attached hydrogen (secondary N) is 1. The minimum absolute atomic E-state index is 0.161. The summed E-state index contributed by atoms with van der Waals surface area (Å²) in [6.07, 6.45) is 1.51. The maximum Gasteiger partial charge on any atom is 0.412 e. The van der Waals surface area contributed by atoms with Crippen LogP contribution >= 0.6 is 15.9 Å². The Labute approximate surface area is 119 Å². The number of nitrogens with zero attached hydrogens (tertiary/aromatic N) is 2. The largest absolute Gasteiger partial charge is 0.444 e. The fourth-order valence-corrected chi connectivity index (χ4v) is 2.01. The van der Waals surface area contributed by atoms with E-state index in [0.717, 1.165) is 6.26 Å². The molecule has 1 N–H and O–H groups in total. The van der Waals surface area contributed by atoms with Crippen molar-refractivity contribution < 1.29 is 17.9 Å². The van der Waals surface area contributed by atoms with Gasteiger partial charge in [-0.15, -0.1) is 0 Å². The number of hydrogen-bond donors (Lipinski definition) is 1. The van der Waals surface area contributed by atoms with Gasteiger partial charge in [-0.3, -0.25) is 5.32 Å². The summed E-state index contributed by atoms with van der Waals surface area (Å²) < 4.78 is 27.7. The van der Waals surface area contributed by atoms with Gasteiger partial charge in [0.2, 0.25) is 15.0 Å². The number of carbonyl (C=O) groups excluding carboxylic acids is 1. The average Bonchev–Trinajstić information content (AvgIpc) is 2.16. The molecule has 0 aliphatic carbocycles. The number of aromatic nitrogens is 2. The highest BCUT2D eigenvalue weighted by Crippen LogP contribution is 2.21. The standard InChI is InChI=1S/C10H14BrN3O4S/c1-10(2,3)18-9(15)13-6-5-12-8(14-7(6)11)19(4,16)17/h5H,1-4H3,(H,13,15). The van der Waals surface area contributed by atoms with Gasteiger partial charge in [0.15, 0.2) is 0 Å². The zero-order valence-corrected chi connectivity index (χ0v) is 13.3. The van der Waals surface area contributed by atoms with Crippen LogP contribution in [0, 0.1) is 0 Å². The molecule has 106 valence electrons. The van der Waals surface area contributed by atoms with Crippen molar-refractivity contribution in [2.24, 2.45) is 0 Å². The second kappa shape index (κ2) is 5.41. The highest BCUT2D eigenvalue weighted by molar-refractivity contribution is 9.10. The Morgan fingerprint density at radius 3 is 2.42 bits per heavy atom. The zero-order chi connectivity index (χ0) is 14.8. The fourth-order valence-electron chi connectivity index (χ4n) is 1.02. The van der Waals surface area contributed by atoms with Crippen LogP contribution in [-0.2, 0) is 14.6 Å². The Bertz CT molecular complexity index is 595. The van der Waals surface area contributed by atoms with Crippen molar-refractivity contribution in [2.45, 2.75) is 31.5 Å². The zero-order valence-electron chi connectivity index (χ0n) is 10.9. The van der Waals surface area contributed by atoms with Crippen molar-refractivity contribution in [1.82, 2.24) is 9.97 Å². The molecular formula is C10H14BrN3O4S. The SMILES string of the molecule is CC(C)(C)OC(=O)Nc1cnc(S(C)(=O)=O)nc1Br. The van der Waals surface area contributed by atoms with E-state index in [1.54, 1.807) is 20.8 Å². The number of ether oxygens (including phenoxy) is 1. The maximum atomic E-state index is 11.5. The van der Waals surface area contributed by atoms with Crippen molar-refractivity contribution in [3.05, 3.63) is 10.8 Å². The molecule has 0 saturated carbocycles. The molecule has 0 aliphatic heterocycles. The van der Waals surface area contributed by atoms with Gasteiger partial charge in [-0.2, -0.15) is 0 Å². The van der Waals surface area contributed by atoms with Gasteiger partial charge in [-0.25, -0.2) is 23.2 Å². The van der Waals surface area contributed by atoms with Crippen molar-refractivity contribution >= 4 is 37.5 Å². The molecule has 0 atom stereocenters. The Balaban J connectivity index is 2.90. The first-order valence-corrected chi connectivity index (χ1v) is 7.90. The maximum absolute atomic E-state index is 11.5. The van der Waals surface area contributed by atoms with Crippen molar-refractivity contribution in [1.29, 1.82) is 0 Å². The average molecular weight is 352 g/mol. The molecule has 1 heterocycles. The summed E-state index contributed by atoms with van der Waals surface area (Å²) in [5.74, 6) is 0. The van der Waals surface area contributed by atoms with Crippen LogP contribution in [0.1, 0.15) is 20.8 Å². The van der Waals surface area contributed by atoms with Crippen LogP contribution in [-0.4, -0.2) is 36.3 Å². The first kappa shape index (κ1) is 15.8. The monoisotopic (exact) mass is 351 g/mol. The molecule has 0 saturated heterocycles. The molecule has 1 rings (SSSR count). The van der Waals surface area contributed by atoms with Gasteiger partial charge in [0.05, 0.1) is 11.9 Å². The second-order valence-electron chi connectivity index (χ2n) is 4.76. The third-order valence-corrected chi connectivity index (χ3v) is 3.15. The lowest BCUT2D eigenvalue weighted by molar-refractivity contribution is 0.0635. The van der Waals surface area contributed by atoms with Gasteiger partial charge in [0.1, 0.15) is 10.2 Å². The van der Waals surface area contributed by atoms with E-state index in [1.807, 2.05) is 0 Å². The Morgan fingerprint density at radius 1 is 1.42 bits per heavy atom. The summed E-state index contributed by atoms with van der Waals surface area (Å²) in [6, 6.07) is 0. The van der Waals surface area contributed by atoms with E-state index >= 15 is 0 Å². The summed E-state index contributed by atoms with van der Waals surface area (Å²) in [6.45, 7) is 5.18. The number of sulfone groups is 1. The van der Waals surface area contributed by atoms with Gasteiger partial charge in [0.25, 0.3) is 0 Å². The van der Waals surface area contributed by atoms with Crippen molar-refractivity contribution in [2.75, 3.05) is 11.6 Å². The normalized spacial score (nSPS) is 12.1. The predicted octanol–water partition coefficient (Wildman–Crippen LogP) is 1.99. The molecule has 1 aromatic rings. The van der Waals surface area contributed by atoms with Crippen LogP contribution in [0.25, 0.3) is 0 Å². The number of rotatable bonds is 2. The minimum atomic E-state index is -3.50. The molecule has 0 unspecified atom stereocenters. The van der Waals surface area contributed by atoms with Crippen molar-refractivity contribution in [3.63, 3.8) is 0 Å². The van der Waals surface area contributed by atoms with E-state index in [2.05, 4.69) is 31.2 Å². The molecule has 1 aromatic heterocycles. The molecular weight excluding hydrogens is 338 g/mol. The van der Waals surface area contributed by atoms with Crippen LogP contribution in [0.2, 0.25) is 0 Å². The molecule has 9 heteroatoms. The third kappa shape index (κ3) is 5.11. The fraction of sp³-hybridized carbons (Fsp3) is 0.500. The summed E-state index contributed by atoms with van der Waals surface area (Å²) in [7, 11) is -3.50. The van der Waals surface area contributed by atoms with Crippen LogP contribution in [0.4, 0.5) is 10.5 Å². The topological polar surface area (TPSA) is 98.2 Å². The molecule has 0 bridgehead atoms. The van der Waals surface area contributed by atoms with Gasteiger partial charge in [0, 0.05) is 6.26 Å². The van der Waals surface area contributed by atoms with Crippen LogP contribution in [0.3, 0.4) is 0 Å². The lowest BCUT2D eigenvalue weighted by Crippen LogP contribution is -2.27. The van der Waals surface area contributed by atoms with Crippen molar-refractivity contribution in [3.8, 4) is 0 Å². The second-order valence-corrected chi connectivity index (χ2v) is 7.42. The minimum Gasteiger partial charge on any atom is -0.444 e. The van der Waals surface area contributed by atoms with E-state index in [1.165, 1.54) is 6.20 Å². The lowest BCUT2D eigenvalue weighted by Gasteiger charge is -2.19. The number of amides is 1. The van der Waals surface area contributed by atoms with E-state index in [0.29, 0.717) is 0 Å². The number of halogens is 1. The lowest BCUT2D eigenvalue weighted by atomic mass is 10.2. The Morgan fingerprint density at radius 2 is 2.00 bits per heavy atom. The van der Waals surface area contributed by atoms with E-state index < -0.39 is 21.5 Å². The van der Waals surface area contributed by atoms with Gasteiger partial charge < -0.3 is 4.74 Å². The highest BCUT2D eigenvalue weighted by atomic mass is 79.9. The molecule has 1 amide bonds. The Kier molecular flexibility index (Phi) is 4.51. The van der Waals surface area contributed by atoms with Gasteiger partial charge >= 0.3 is 6.09 Å². The molecule has 0 aliphatic rings. The first-order chi connectivity index (χ1) is 8.49. The number of hydrogen-bond acceptors (Lipinski definition) is 6. The summed E-state index contributed by atoms with van der Waals surface area (Å²) >= 11 is 3.06.